The highest BCUT2D eigenvalue weighted by atomic mass is 16.5. The van der Waals surface area contributed by atoms with Crippen LogP contribution in [0.5, 0.6) is 17.2 Å². The minimum Gasteiger partial charge on any atom is -0.504 e. The highest BCUT2D eigenvalue weighted by Crippen LogP contribution is 2.40. The van der Waals surface area contributed by atoms with Gasteiger partial charge in [-0.05, 0) is 56.3 Å². The van der Waals surface area contributed by atoms with Crippen molar-refractivity contribution in [3.05, 3.63) is 64.5 Å². The molecule has 2 rings (SSSR count). The zero-order chi connectivity index (χ0) is 23.9. The number of rotatable bonds is 11. The molecule has 0 saturated heterocycles. The van der Waals surface area contributed by atoms with Crippen molar-refractivity contribution in [3.63, 3.8) is 0 Å². The van der Waals surface area contributed by atoms with Crippen LogP contribution in [0.1, 0.15) is 49.5 Å². The second kappa shape index (κ2) is 11.2. The maximum absolute atomic E-state index is 10.6. The lowest BCUT2D eigenvalue weighted by Crippen LogP contribution is -2.31. The van der Waals surface area contributed by atoms with Gasteiger partial charge in [-0.1, -0.05) is 32.0 Å². The Kier molecular flexibility index (Phi) is 8.94. The predicted molar refractivity (Wildman–Crippen MR) is 127 cm³/mol. The Morgan fingerprint density at radius 3 is 2.38 bits per heavy atom. The Morgan fingerprint density at radius 2 is 1.78 bits per heavy atom. The Balaban J connectivity index is 2.06. The molecule has 0 radical (unpaired) electrons. The number of nitrogens with zero attached hydrogens (tertiary/aromatic N) is 2. The number of aliphatic hydroxyl groups is 1. The van der Waals surface area contributed by atoms with Crippen molar-refractivity contribution in [2.24, 2.45) is 5.92 Å². The molecule has 32 heavy (non-hydrogen) atoms. The van der Waals surface area contributed by atoms with Crippen LogP contribution in [0.3, 0.4) is 0 Å². The van der Waals surface area contributed by atoms with Gasteiger partial charge in [-0.2, -0.15) is 0 Å². The van der Waals surface area contributed by atoms with Gasteiger partial charge in [-0.15, -0.1) is 0 Å². The third kappa shape index (κ3) is 5.73. The van der Waals surface area contributed by atoms with Crippen LogP contribution in [0.15, 0.2) is 36.4 Å². The number of aromatic hydroxyl groups is 1. The number of hydrogen-bond acceptors (Lipinski definition) is 5. The van der Waals surface area contributed by atoms with Gasteiger partial charge in [0.15, 0.2) is 11.5 Å². The number of phenolic OH excluding ortho intramolecular Hbond substituents is 1. The third-order valence-electron chi connectivity index (χ3n) is 6.23. The van der Waals surface area contributed by atoms with Gasteiger partial charge < -0.3 is 29.4 Å². The van der Waals surface area contributed by atoms with E-state index in [1.54, 1.807) is 19.2 Å². The molecule has 0 aliphatic carbocycles. The second-order valence-electron chi connectivity index (χ2n) is 8.69. The Morgan fingerprint density at radius 1 is 1.09 bits per heavy atom. The van der Waals surface area contributed by atoms with Crippen LogP contribution in [0.25, 0.3) is 4.85 Å². The average Bonchev–Trinajstić information content (AvgIpc) is 2.77. The summed E-state index contributed by atoms with van der Waals surface area (Å²) in [5.74, 6) is 1.35. The SMILES string of the molecule is [C-]#[N+]C(CCCN(C)CC(O)c1ccc(O)c(OC)c1)(c1ccc(C)c(OC)c1)C(C)C. The molecule has 6 heteroatoms. The van der Waals surface area contributed by atoms with Crippen molar-refractivity contribution in [1.29, 1.82) is 0 Å². The first-order valence-corrected chi connectivity index (χ1v) is 11.0. The molecule has 0 saturated carbocycles. The highest BCUT2D eigenvalue weighted by molar-refractivity contribution is 5.43. The molecular formula is C26H36N2O4. The molecule has 0 aliphatic rings. The van der Waals surface area contributed by atoms with E-state index >= 15 is 0 Å². The molecule has 174 valence electrons. The van der Waals surface area contributed by atoms with E-state index < -0.39 is 11.6 Å². The molecule has 0 aliphatic heterocycles. The van der Waals surface area contributed by atoms with E-state index in [4.69, 9.17) is 16.0 Å². The van der Waals surface area contributed by atoms with Crippen molar-refractivity contribution in [2.45, 2.75) is 45.3 Å². The molecule has 0 aromatic heterocycles. The van der Waals surface area contributed by atoms with Crippen molar-refractivity contribution < 1.29 is 19.7 Å². The summed E-state index contributed by atoms with van der Waals surface area (Å²) >= 11 is 0. The number of likely N-dealkylation sites (N-methyl/N-ethyl adjacent to an activating group) is 1. The number of methoxy groups -OCH3 is 2. The molecule has 2 atom stereocenters. The minimum atomic E-state index is -0.702. The molecular weight excluding hydrogens is 404 g/mol. The smallest absolute Gasteiger partial charge is 0.259 e. The molecule has 0 heterocycles. The Bertz CT molecular complexity index is 938. The van der Waals surface area contributed by atoms with Crippen molar-refractivity contribution in [2.75, 3.05) is 34.4 Å². The monoisotopic (exact) mass is 440 g/mol. The summed E-state index contributed by atoms with van der Waals surface area (Å²) in [6.07, 6.45) is 0.832. The van der Waals surface area contributed by atoms with Crippen molar-refractivity contribution >= 4 is 0 Å². The zero-order valence-corrected chi connectivity index (χ0v) is 20.1. The fraction of sp³-hybridized carbons (Fsp3) is 0.500. The normalized spacial score (nSPS) is 14.1. The molecule has 0 fully saturated rings. The largest absolute Gasteiger partial charge is 0.504 e. The van der Waals surface area contributed by atoms with E-state index in [-0.39, 0.29) is 11.7 Å². The summed E-state index contributed by atoms with van der Waals surface area (Å²) in [6, 6.07) is 10.9. The summed E-state index contributed by atoms with van der Waals surface area (Å²) in [6.45, 7) is 15.4. The van der Waals surface area contributed by atoms with E-state index in [2.05, 4.69) is 23.6 Å². The van der Waals surface area contributed by atoms with Crippen molar-refractivity contribution in [3.8, 4) is 17.2 Å². The van der Waals surface area contributed by atoms with Gasteiger partial charge in [0.1, 0.15) is 5.75 Å². The van der Waals surface area contributed by atoms with Crippen LogP contribution < -0.4 is 9.47 Å². The van der Waals surface area contributed by atoms with Gasteiger partial charge in [0.25, 0.3) is 5.54 Å². The van der Waals surface area contributed by atoms with Crippen molar-refractivity contribution in [1.82, 2.24) is 4.90 Å². The molecule has 2 aromatic carbocycles. The van der Waals surface area contributed by atoms with Crippen LogP contribution in [-0.4, -0.2) is 49.5 Å². The van der Waals surface area contributed by atoms with Crippen LogP contribution >= 0.6 is 0 Å². The summed E-state index contributed by atoms with van der Waals surface area (Å²) in [7, 11) is 5.11. The van der Waals surface area contributed by atoms with Gasteiger partial charge >= 0.3 is 0 Å². The molecule has 0 amide bonds. The van der Waals surface area contributed by atoms with E-state index in [1.165, 1.54) is 13.2 Å². The third-order valence-corrected chi connectivity index (χ3v) is 6.23. The Labute approximate surface area is 192 Å². The average molecular weight is 441 g/mol. The molecule has 2 aromatic rings. The lowest BCUT2D eigenvalue weighted by atomic mass is 9.76. The molecule has 0 spiro atoms. The first-order valence-electron chi connectivity index (χ1n) is 11.0. The van der Waals surface area contributed by atoms with Gasteiger partial charge in [0.05, 0.1) is 20.3 Å². The zero-order valence-electron chi connectivity index (χ0n) is 20.1. The molecule has 2 unspecified atom stereocenters. The quantitative estimate of drug-likeness (QED) is 0.485. The van der Waals surface area contributed by atoms with Gasteiger partial charge in [-0.25, -0.2) is 6.57 Å². The van der Waals surface area contributed by atoms with Gasteiger partial charge in [-0.3, -0.25) is 0 Å². The molecule has 6 nitrogen and oxygen atoms in total. The topological polar surface area (TPSA) is 66.5 Å². The summed E-state index contributed by atoms with van der Waals surface area (Å²) in [5, 5.41) is 20.4. The molecule has 0 bridgehead atoms. The minimum absolute atomic E-state index is 0.0497. The van der Waals surface area contributed by atoms with E-state index in [0.29, 0.717) is 24.3 Å². The van der Waals surface area contributed by atoms with Crippen LogP contribution in [-0.2, 0) is 5.54 Å². The van der Waals surface area contributed by atoms with Crippen LogP contribution in [0.2, 0.25) is 0 Å². The number of hydrogen-bond donors (Lipinski definition) is 2. The number of phenols is 1. The lowest BCUT2D eigenvalue weighted by Gasteiger charge is -2.28. The second-order valence-corrected chi connectivity index (χ2v) is 8.69. The highest BCUT2D eigenvalue weighted by Gasteiger charge is 2.42. The standard InChI is InChI=1S/C26H36N2O4/c1-18(2)26(27-4,21-11-9-19(3)24(16-21)31-6)13-8-14-28(5)17-23(30)20-10-12-22(29)25(15-20)32-7/h9-12,15-16,18,23,29-30H,8,13-14,17H2,1-3,5-7H3. The predicted octanol–water partition coefficient (Wildman–Crippen LogP) is 4.93. The Hall–Kier alpha value is -2.75. The van der Waals surface area contributed by atoms with E-state index in [9.17, 15) is 10.2 Å². The fourth-order valence-electron chi connectivity index (χ4n) is 4.12. The number of aliphatic hydroxyl groups excluding tert-OH is 1. The van der Waals surface area contributed by atoms with Gasteiger partial charge in [0, 0.05) is 24.4 Å². The van der Waals surface area contributed by atoms with E-state index in [1.807, 2.05) is 32.2 Å². The van der Waals surface area contributed by atoms with Crippen LogP contribution in [0.4, 0.5) is 0 Å². The lowest BCUT2D eigenvalue weighted by molar-refractivity contribution is 0.124. The maximum atomic E-state index is 10.6. The molecule has 2 N–H and O–H groups in total. The number of benzene rings is 2. The first-order chi connectivity index (χ1) is 15.2. The number of aryl methyl sites for hydroxylation is 1. The summed E-state index contributed by atoms with van der Waals surface area (Å²) in [5.41, 5.74) is 2.11. The number of ether oxygens (including phenoxy) is 2. The maximum Gasteiger partial charge on any atom is 0.259 e. The van der Waals surface area contributed by atoms with Crippen LogP contribution in [0, 0.1) is 19.4 Å². The van der Waals surface area contributed by atoms with E-state index in [0.717, 1.165) is 29.8 Å². The summed E-state index contributed by atoms with van der Waals surface area (Å²) in [4.78, 5) is 6.18. The summed E-state index contributed by atoms with van der Waals surface area (Å²) < 4.78 is 10.6. The fourth-order valence-corrected chi connectivity index (χ4v) is 4.12. The first kappa shape index (κ1) is 25.5. The van der Waals surface area contributed by atoms with Gasteiger partial charge in [0.2, 0.25) is 0 Å².